The minimum atomic E-state index is 0.938. The molecule has 3 rings (SSSR count). The van der Waals surface area contributed by atoms with Gasteiger partial charge in [-0.2, -0.15) is 0 Å². The van der Waals surface area contributed by atoms with Gasteiger partial charge in [0.25, 0.3) is 0 Å². The van der Waals surface area contributed by atoms with Gasteiger partial charge in [-0.05, 0) is 11.1 Å². The first-order chi connectivity index (χ1) is 11.9. The van der Waals surface area contributed by atoms with Crippen molar-refractivity contribution in [3.8, 4) is 0 Å². The van der Waals surface area contributed by atoms with E-state index in [0.29, 0.717) is 0 Å². The maximum absolute atomic E-state index is 3.43. The highest BCUT2D eigenvalue weighted by Gasteiger charge is 1.93. The van der Waals surface area contributed by atoms with Crippen molar-refractivity contribution >= 4 is 0 Å². The predicted molar refractivity (Wildman–Crippen MR) is 102 cm³/mol. The van der Waals surface area contributed by atoms with Gasteiger partial charge in [-0.1, -0.05) is 60.7 Å². The van der Waals surface area contributed by atoms with Crippen LogP contribution < -0.4 is 21.3 Å². The van der Waals surface area contributed by atoms with Crippen molar-refractivity contribution in [1.82, 2.24) is 21.3 Å². The highest BCUT2D eigenvalue weighted by atomic mass is 15.0. The summed E-state index contributed by atoms with van der Waals surface area (Å²) in [4.78, 5) is 0. The average molecular weight is 326 g/mol. The van der Waals surface area contributed by atoms with E-state index < -0.39 is 0 Å². The van der Waals surface area contributed by atoms with Crippen molar-refractivity contribution in [1.29, 1.82) is 0 Å². The van der Waals surface area contributed by atoms with Gasteiger partial charge in [0.1, 0.15) is 0 Å². The van der Waals surface area contributed by atoms with Crippen LogP contribution in [0.15, 0.2) is 60.7 Å². The zero-order valence-electron chi connectivity index (χ0n) is 14.4. The molecule has 0 saturated carbocycles. The van der Waals surface area contributed by atoms with E-state index in [9.17, 15) is 0 Å². The van der Waals surface area contributed by atoms with E-state index in [0.717, 1.165) is 52.4 Å². The highest BCUT2D eigenvalue weighted by Crippen LogP contribution is 1.97. The molecule has 4 N–H and O–H groups in total. The monoisotopic (exact) mass is 326 g/mol. The topological polar surface area (TPSA) is 48.1 Å². The minimum Gasteiger partial charge on any atom is -0.314 e. The summed E-state index contributed by atoms with van der Waals surface area (Å²) < 4.78 is 0. The van der Waals surface area contributed by atoms with Crippen molar-refractivity contribution < 1.29 is 0 Å². The van der Waals surface area contributed by atoms with Gasteiger partial charge in [0.2, 0.25) is 0 Å². The first-order valence-corrected chi connectivity index (χ1v) is 8.86. The normalized spacial score (nSPS) is 13.8. The summed E-state index contributed by atoms with van der Waals surface area (Å²) in [6, 6.07) is 21.0. The standard InChI is InChI=1S/C16H20N2.C4H10N2/c1-3-7-15(8-4-1)13-17-11-12-18-14-16-9-5-2-6-10-16;1-2-6-4-3-5-1/h1-10,17-18H,11-14H2;5-6H,1-4H2. The Balaban J connectivity index is 0.000000292. The number of nitrogens with one attached hydrogen (secondary N) is 4. The summed E-state index contributed by atoms with van der Waals surface area (Å²) in [6.45, 7) is 8.41. The summed E-state index contributed by atoms with van der Waals surface area (Å²) in [5, 5.41) is 13.3. The summed E-state index contributed by atoms with van der Waals surface area (Å²) in [7, 11) is 0. The fourth-order valence-corrected chi connectivity index (χ4v) is 2.44. The van der Waals surface area contributed by atoms with Gasteiger partial charge in [0.15, 0.2) is 0 Å². The summed E-state index contributed by atoms with van der Waals surface area (Å²) in [5.41, 5.74) is 2.67. The van der Waals surface area contributed by atoms with Crippen LogP contribution in [-0.2, 0) is 13.1 Å². The van der Waals surface area contributed by atoms with E-state index in [4.69, 9.17) is 0 Å². The van der Waals surface area contributed by atoms with Crippen molar-refractivity contribution in [2.24, 2.45) is 0 Å². The number of hydrogen-bond donors (Lipinski definition) is 4. The molecule has 4 heteroatoms. The van der Waals surface area contributed by atoms with Gasteiger partial charge in [-0.3, -0.25) is 0 Å². The molecule has 0 amide bonds. The molecule has 1 aliphatic rings. The Morgan fingerprint density at radius 1 is 0.583 bits per heavy atom. The lowest BCUT2D eigenvalue weighted by Gasteiger charge is -2.11. The van der Waals surface area contributed by atoms with E-state index in [2.05, 4.69) is 69.8 Å². The minimum absolute atomic E-state index is 0.938. The van der Waals surface area contributed by atoms with E-state index >= 15 is 0 Å². The van der Waals surface area contributed by atoms with Crippen LogP contribution in [0.25, 0.3) is 0 Å². The molecular formula is C20H30N4. The zero-order valence-corrected chi connectivity index (χ0v) is 14.4. The number of piperazine rings is 1. The van der Waals surface area contributed by atoms with Crippen LogP contribution in [0.3, 0.4) is 0 Å². The van der Waals surface area contributed by atoms with Crippen LogP contribution in [0.1, 0.15) is 11.1 Å². The van der Waals surface area contributed by atoms with E-state index in [-0.39, 0.29) is 0 Å². The van der Waals surface area contributed by atoms with Crippen LogP contribution in [-0.4, -0.2) is 39.3 Å². The number of hydrogen-bond acceptors (Lipinski definition) is 4. The third-order valence-electron chi connectivity index (χ3n) is 3.78. The molecule has 130 valence electrons. The molecule has 2 aromatic rings. The molecule has 0 aliphatic carbocycles. The van der Waals surface area contributed by atoms with Crippen LogP contribution in [0.2, 0.25) is 0 Å². The number of benzene rings is 2. The highest BCUT2D eigenvalue weighted by molar-refractivity contribution is 5.15. The SMILES string of the molecule is C1CNCCN1.c1ccc(CNCCNCc2ccccc2)cc1. The molecule has 0 spiro atoms. The second-order valence-corrected chi connectivity index (χ2v) is 5.82. The maximum atomic E-state index is 3.43. The average Bonchev–Trinajstić information content (AvgIpc) is 2.68. The van der Waals surface area contributed by atoms with Gasteiger partial charge in [0, 0.05) is 52.4 Å². The van der Waals surface area contributed by atoms with E-state index in [1.54, 1.807) is 0 Å². The van der Waals surface area contributed by atoms with Crippen LogP contribution in [0.4, 0.5) is 0 Å². The Morgan fingerprint density at radius 3 is 1.29 bits per heavy atom. The molecule has 0 aromatic heterocycles. The van der Waals surface area contributed by atoms with Crippen molar-refractivity contribution in [2.75, 3.05) is 39.3 Å². The smallest absolute Gasteiger partial charge is 0.0206 e. The lowest BCUT2D eigenvalue weighted by Crippen LogP contribution is -2.39. The van der Waals surface area contributed by atoms with Crippen molar-refractivity contribution in [3.05, 3.63) is 71.8 Å². The Kier molecular flexibility index (Phi) is 9.83. The third kappa shape index (κ3) is 8.79. The fraction of sp³-hybridized carbons (Fsp3) is 0.400. The first kappa shape index (κ1) is 18.6. The van der Waals surface area contributed by atoms with Gasteiger partial charge < -0.3 is 21.3 Å². The lowest BCUT2D eigenvalue weighted by molar-refractivity contribution is 0.534. The van der Waals surface area contributed by atoms with Gasteiger partial charge in [-0.25, -0.2) is 0 Å². The Hall–Kier alpha value is -1.72. The number of rotatable bonds is 7. The molecule has 1 saturated heterocycles. The van der Waals surface area contributed by atoms with E-state index in [1.165, 1.54) is 11.1 Å². The molecule has 0 atom stereocenters. The van der Waals surface area contributed by atoms with Crippen LogP contribution in [0, 0.1) is 0 Å². The van der Waals surface area contributed by atoms with Crippen molar-refractivity contribution in [3.63, 3.8) is 0 Å². The summed E-state index contributed by atoms with van der Waals surface area (Å²) in [5.74, 6) is 0. The summed E-state index contributed by atoms with van der Waals surface area (Å²) in [6.07, 6.45) is 0. The second-order valence-electron chi connectivity index (χ2n) is 5.82. The molecule has 1 aliphatic heterocycles. The molecular weight excluding hydrogens is 296 g/mol. The largest absolute Gasteiger partial charge is 0.314 e. The van der Waals surface area contributed by atoms with E-state index in [1.807, 2.05) is 12.1 Å². The molecule has 4 nitrogen and oxygen atoms in total. The molecule has 0 radical (unpaired) electrons. The van der Waals surface area contributed by atoms with Gasteiger partial charge in [0.05, 0.1) is 0 Å². The fourth-order valence-electron chi connectivity index (χ4n) is 2.44. The Bertz CT molecular complexity index is 457. The predicted octanol–water partition coefficient (Wildman–Crippen LogP) is 1.75. The molecule has 1 heterocycles. The van der Waals surface area contributed by atoms with Gasteiger partial charge >= 0.3 is 0 Å². The molecule has 2 aromatic carbocycles. The van der Waals surface area contributed by atoms with Crippen LogP contribution >= 0.6 is 0 Å². The second kappa shape index (κ2) is 12.7. The first-order valence-electron chi connectivity index (χ1n) is 8.86. The Labute approximate surface area is 146 Å². The van der Waals surface area contributed by atoms with Gasteiger partial charge in [-0.15, -0.1) is 0 Å². The molecule has 1 fully saturated rings. The Morgan fingerprint density at radius 2 is 0.958 bits per heavy atom. The lowest BCUT2D eigenvalue weighted by atomic mass is 10.2. The van der Waals surface area contributed by atoms with Crippen molar-refractivity contribution in [2.45, 2.75) is 13.1 Å². The molecule has 0 bridgehead atoms. The molecule has 0 unspecified atom stereocenters. The third-order valence-corrected chi connectivity index (χ3v) is 3.78. The van der Waals surface area contributed by atoms with Crippen LogP contribution in [0.5, 0.6) is 0 Å². The quantitative estimate of drug-likeness (QED) is 0.586. The zero-order chi connectivity index (χ0) is 16.7. The molecule has 24 heavy (non-hydrogen) atoms. The summed E-state index contributed by atoms with van der Waals surface area (Å²) >= 11 is 0. The maximum Gasteiger partial charge on any atom is 0.0206 e.